The van der Waals surface area contributed by atoms with Crippen molar-refractivity contribution in [3.63, 3.8) is 0 Å². The highest BCUT2D eigenvalue weighted by molar-refractivity contribution is 5.81. The highest BCUT2D eigenvalue weighted by Gasteiger charge is 2.27. The highest BCUT2D eigenvalue weighted by atomic mass is 16.3. The smallest absolute Gasteiger partial charge is 0.165 e. The number of benzene rings is 2. The summed E-state index contributed by atoms with van der Waals surface area (Å²) < 4.78 is 1.84. The molecule has 3 N–H and O–H groups in total. The largest absolute Gasteiger partial charge is 0.390 e. The molecule has 1 atom stereocenters. The third kappa shape index (κ3) is 4.73. The van der Waals surface area contributed by atoms with E-state index < -0.39 is 6.10 Å². The third-order valence-electron chi connectivity index (χ3n) is 6.31. The number of piperazine rings is 1. The number of nitrogens with two attached hydrogens (primary N) is 1. The lowest BCUT2D eigenvalue weighted by molar-refractivity contribution is 0.0560. The SMILES string of the molecule is Nc1ncnc2c1ncn2C[C@H](O)CN1CCN(C(c2ccccc2)c2ccccc2)CC1. The second kappa shape index (κ2) is 9.66. The molecule has 3 heterocycles. The van der Waals surface area contributed by atoms with E-state index in [1.54, 1.807) is 6.33 Å². The molecule has 0 saturated carbocycles. The van der Waals surface area contributed by atoms with Gasteiger partial charge >= 0.3 is 0 Å². The first-order valence-corrected chi connectivity index (χ1v) is 11.3. The first-order chi connectivity index (χ1) is 16.2. The summed E-state index contributed by atoms with van der Waals surface area (Å²) in [6, 6.07) is 21.6. The van der Waals surface area contributed by atoms with Crippen LogP contribution in [0.15, 0.2) is 73.3 Å². The van der Waals surface area contributed by atoms with Crippen LogP contribution in [0.25, 0.3) is 11.2 Å². The summed E-state index contributed by atoms with van der Waals surface area (Å²) >= 11 is 0. The lowest BCUT2D eigenvalue weighted by Crippen LogP contribution is -2.50. The van der Waals surface area contributed by atoms with Gasteiger partial charge in [0.2, 0.25) is 0 Å². The minimum Gasteiger partial charge on any atom is -0.390 e. The average Bonchev–Trinajstić information content (AvgIpc) is 3.26. The van der Waals surface area contributed by atoms with Crippen LogP contribution in [-0.4, -0.2) is 73.3 Å². The molecule has 170 valence electrons. The first-order valence-electron chi connectivity index (χ1n) is 11.3. The quantitative estimate of drug-likeness (QED) is 0.452. The van der Waals surface area contributed by atoms with E-state index in [4.69, 9.17) is 5.73 Å². The first kappa shape index (κ1) is 21.5. The lowest BCUT2D eigenvalue weighted by atomic mass is 9.96. The zero-order valence-electron chi connectivity index (χ0n) is 18.5. The fraction of sp³-hybridized carbons (Fsp3) is 0.320. The van der Waals surface area contributed by atoms with Crippen LogP contribution in [0.3, 0.4) is 0 Å². The van der Waals surface area contributed by atoms with Gasteiger partial charge in [-0.3, -0.25) is 9.80 Å². The molecule has 0 spiro atoms. The molecule has 4 aromatic rings. The molecule has 0 aliphatic carbocycles. The molecule has 2 aromatic carbocycles. The second-order valence-electron chi connectivity index (χ2n) is 8.54. The normalized spacial score (nSPS) is 16.4. The maximum absolute atomic E-state index is 10.8. The van der Waals surface area contributed by atoms with Crippen molar-refractivity contribution in [1.29, 1.82) is 0 Å². The van der Waals surface area contributed by atoms with Crippen molar-refractivity contribution in [2.45, 2.75) is 18.7 Å². The maximum atomic E-state index is 10.8. The molecule has 33 heavy (non-hydrogen) atoms. The maximum Gasteiger partial charge on any atom is 0.165 e. The van der Waals surface area contributed by atoms with E-state index in [0.29, 0.717) is 30.1 Å². The number of anilines is 1. The number of nitrogens with zero attached hydrogens (tertiary/aromatic N) is 6. The number of hydrogen-bond acceptors (Lipinski definition) is 7. The van der Waals surface area contributed by atoms with E-state index in [9.17, 15) is 5.11 Å². The summed E-state index contributed by atoms with van der Waals surface area (Å²) in [6.07, 6.45) is 2.57. The summed E-state index contributed by atoms with van der Waals surface area (Å²) in [6.45, 7) is 4.73. The minimum absolute atomic E-state index is 0.238. The van der Waals surface area contributed by atoms with Gasteiger partial charge in [0.15, 0.2) is 11.5 Å². The Hall–Kier alpha value is -3.33. The van der Waals surface area contributed by atoms with Crippen LogP contribution >= 0.6 is 0 Å². The van der Waals surface area contributed by atoms with E-state index in [1.165, 1.54) is 17.5 Å². The number of aliphatic hydroxyl groups is 1. The number of nitrogen functional groups attached to an aromatic ring is 1. The fourth-order valence-electron chi connectivity index (χ4n) is 4.70. The number of aromatic nitrogens is 4. The molecule has 1 fully saturated rings. The van der Waals surface area contributed by atoms with Gasteiger partial charge in [0.05, 0.1) is 25.0 Å². The summed E-state index contributed by atoms with van der Waals surface area (Å²) in [5, 5.41) is 10.8. The average molecular weight is 444 g/mol. The summed E-state index contributed by atoms with van der Waals surface area (Å²) in [4.78, 5) is 17.4. The number of hydrogen-bond donors (Lipinski definition) is 2. The van der Waals surface area contributed by atoms with Crippen molar-refractivity contribution >= 4 is 17.0 Å². The summed E-state index contributed by atoms with van der Waals surface area (Å²) in [5.74, 6) is 0.357. The van der Waals surface area contributed by atoms with Gasteiger partial charge < -0.3 is 15.4 Å². The Morgan fingerprint density at radius 3 is 2.09 bits per heavy atom. The van der Waals surface area contributed by atoms with Gasteiger partial charge in [0.25, 0.3) is 0 Å². The van der Waals surface area contributed by atoms with Gasteiger partial charge in [0.1, 0.15) is 11.8 Å². The molecular formula is C25H29N7O. The third-order valence-corrected chi connectivity index (χ3v) is 6.31. The van der Waals surface area contributed by atoms with E-state index in [2.05, 4.69) is 85.4 Å². The van der Waals surface area contributed by atoms with Crippen molar-refractivity contribution in [1.82, 2.24) is 29.3 Å². The number of β-amino-alcohol motifs (C(OH)–C–C–N with tert-alkyl or cyclic N) is 1. The summed E-state index contributed by atoms with van der Waals surface area (Å²) in [5.41, 5.74) is 9.72. The summed E-state index contributed by atoms with van der Waals surface area (Å²) in [7, 11) is 0. The monoisotopic (exact) mass is 443 g/mol. The lowest BCUT2D eigenvalue weighted by Gasteiger charge is -2.40. The number of imidazole rings is 1. The Kier molecular flexibility index (Phi) is 6.30. The van der Waals surface area contributed by atoms with Crippen LogP contribution in [0.4, 0.5) is 5.82 Å². The van der Waals surface area contributed by atoms with E-state index in [-0.39, 0.29) is 6.04 Å². The Morgan fingerprint density at radius 1 is 0.818 bits per heavy atom. The van der Waals surface area contributed by atoms with Gasteiger partial charge in [-0.05, 0) is 11.1 Å². The minimum atomic E-state index is -0.524. The Morgan fingerprint density at radius 2 is 1.45 bits per heavy atom. The fourth-order valence-corrected chi connectivity index (χ4v) is 4.70. The molecule has 2 aromatic heterocycles. The molecule has 0 unspecified atom stereocenters. The van der Waals surface area contributed by atoms with Crippen LogP contribution in [0.5, 0.6) is 0 Å². The predicted octanol–water partition coefficient (Wildman–Crippen LogP) is 2.18. The van der Waals surface area contributed by atoms with Crippen LogP contribution in [-0.2, 0) is 6.54 Å². The molecular weight excluding hydrogens is 414 g/mol. The molecule has 8 nitrogen and oxygen atoms in total. The van der Waals surface area contributed by atoms with Crippen molar-refractivity contribution in [2.75, 3.05) is 38.5 Å². The number of aliphatic hydroxyl groups excluding tert-OH is 1. The molecule has 0 amide bonds. The Bertz CT molecular complexity index is 1130. The van der Waals surface area contributed by atoms with E-state index in [0.717, 1.165) is 26.2 Å². The van der Waals surface area contributed by atoms with Crippen molar-refractivity contribution in [2.24, 2.45) is 0 Å². The molecule has 1 aliphatic rings. The topological polar surface area (TPSA) is 96.3 Å². The van der Waals surface area contributed by atoms with Crippen LogP contribution < -0.4 is 5.73 Å². The molecule has 0 bridgehead atoms. The Labute approximate surface area is 193 Å². The van der Waals surface area contributed by atoms with Crippen molar-refractivity contribution in [3.05, 3.63) is 84.4 Å². The standard InChI is InChI=1S/C25H29N7O/c26-24-22-25(28-17-27-24)32(18-29-22)16-21(33)15-30-11-13-31(14-12-30)23(19-7-3-1-4-8-19)20-9-5-2-6-10-20/h1-10,17-18,21,23,33H,11-16H2,(H2,26,27,28)/t21-/m1/s1. The molecule has 0 radical (unpaired) electrons. The zero-order chi connectivity index (χ0) is 22.6. The second-order valence-corrected chi connectivity index (χ2v) is 8.54. The Balaban J connectivity index is 1.22. The molecule has 8 heteroatoms. The van der Waals surface area contributed by atoms with Crippen LogP contribution in [0, 0.1) is 0 Å². The highest BCUT2D eigenvalue weighted by Crippen LogP contribution is 2.29. The molecule has 1 saturated heterocycles. The van der Waals surface area contributed by atoms with Crippen molar-refractivity contribution in [3.8, 4) is 0 Å². The van der Waals surface area contributed by atoms with Gasteiger partial charge in [-0.25, -0.2) is 15.0 Å². The van der Waals surface area contributed by atoms with E-state index in [1.807, 2.05) is 4.57 Å². The van der Waals surface area contributed by atoms with Gasteiger partial charge in [0, 0.05) is 32.7 Å². The number of fused-ring (bicyclic) bond motifs is 1. The van der Waals surface area contributed by atoms with Crippen LogP contribution in [0.2, 0.25) is 0 Å². The van der Waals surface area contributed by atoms with Gasteiger partial charge in [-0.2, -0.15) is 0 Å². The van der Waals surface area contributed by atoms with Gasteiger partial charge in [-0.15, -0.1) is 0 Å². The van der Waals surface area contributed by atoms with Gasteiger partial charge in [-0.1, -0.05) is 60.7 Å². The molecule has 1 aliphatic heterocycles. The van der Waals surface area contributed by atoms with Crippen LogP contribution in [0.1, 0.15) is 17.2 Å². The van der Waals surface area contributed by atoms with Crippen molar-refractivity contribution < 1.29 is 5.11 Å². The molecule has 5 rings (SSSR count). The van der Waals surface area contributed by atoms with E-state index >= 15 is 0 Å². The predicted molar refractivity (Wildman–Crippen MR) is 128 cm³/mol. The number of rotatable bonds is 7. The zero-order valence-corrected chi connectivity index (χ0v) is 18.5.